The van der Waals surface area contributed by atoms with Gasteiger partial charge in [0.2, 0.25) is 0 Å². The molecule has 96 valence electrons. The van der Waals surface area contributed by atoms with Crippen LogP contribution < -0.4 is 0 Å². The maximum atomic E-state index is 11.3. The van der Waals surface area contributed by atoms with Crippen LogP contribution in [0.15, 0.2) is 0 Å². The first-order chi connectivity index (χ1) is 7.06. The van der Waals surface area contributed by atoms with Crippen LogP contribution >= 0.6 is 11.8 Å². The summed E-state index contributed by atoms with van der Waals surface area (Å²) in [5.41, 5.74) is 0. The highest BCUT2D eigenvalue weighted by Gasteiger charge is 2.07. The minimum Gasteiger partial charge on any atom is -0.466 e. The Morgan fingerprint density at radius 1 is 1.25 bits per heavy atom. The number of rotatable bonds is 7. The van der Waals surface area contributed by atoms with Gasteiger partial charge in [0.15, 0.2) is 5.12 Å². The average Bonchev–Trinajstić information content (AvgIpc) is 2.15. The third-order valence-electron chi connectivity index (χ3n) is 1.64. The summed E-state index contributed by atoms with van der Waals surface area (Å²) in [6, 6.07) is 0. The van der Waals surface area contributed by atoms with E-state index in [2.05, 4.69) is 13.1 Å². The van der Waals surface area contributed by atoms with Crippen molar-refractivity contribution in [3.05, 3.63) is 0 Å². The Labute approximate surface area is 105 Å². The van der Waals surface area contributed by atoms with Gasteiger partial charge in [-0.3, -0.25) is 9.59 Å². The van der Waals surface area contributed by atoms with Gasteiger partial charge in [0.25, 0.3) is 0 Å². The molecule has 0 N–H and O–H groups in total. The van der Waals surface area contributed by atoms with E-state index in [1.165, 1.54) is 11.8 Å². The molecule has 0 aromatic heterocycles. The molecule has 0 saturated heterocycles. The van der Waals surface area contributed by atoms with Gasteiger partial charge in [-0.1, -0.05) is 32.3 Å². The second-order valence-corrected chi connectivity index (χ2v) is 8.60. The van der Waals surface area contributed by atoms with Crippen LogP contribution in [0.1, 0.15) is 33.6 Å². The zero-order valence-corrected chi connectivity index (χ0v) is 11.7. The number of esters is 1. The third kappa shape index (κ3) is 11.8. The highest BCUT2D eigenvalue weighted by atomic mass is 32.2. The molecule has 5 heteroatoms. The van der Waals surface area contributed by atoms with E-state index in [4.69, 9.17) is 4.74 Å². The molecule has 3 nitrogen and oxygen atoms in total. The summed E-state index contributed by atoms with van der Waals surface area (Å²) >= 11 is 1.42. The van der Waals surface area contributed by atoms with Crippen LogP contribution in [0.3, 0.4) is 0 Å². The van der Waals surface area contributed by atoms with Crippen molar-refractivity contribution >= 4 is 31.6 Å². The summed E-state index contributed by atoms with van der Waals surface area (Å²) in [6.45, 7) is 6.64. The molecule has 0 unspecified atom stereocenters. The summed E-state index contributed by atoms with van der Waals surface area (Å²) < 4.78 is 4.77. The van der Waals surface area contributed by atoms with Gasteiger partial charge in [-0.15, -0.1) is 0 Å². The molecule has 0 fully saturated rings. The van der Waals surface area contributed by atoms with Gasteiger partial charge in [0.1, 0.15) is 0 Å². The van der Waals surface area contributed by atoms with Crippen molar-refractivity contribution in [1.29, 1.82) is 0 Å². The van der Waals surface area contributed by atoms with E-state index < -0.39 is 8.80 Å². The molecule has 0 rings (SSSR count). The fourth-order valence-electron chi connectivity index (χ4n) is 0.942. The van der Waals surface area contributed by atoms with Crippen LogP contribution in [-0.4, -0.2) is 31.9 Å². The Kier molecular flexibility index (Phi) is 12.7. The van der Waals surface area contributed by atoms with Gasteiger partial charge in [-0.2, -0.15) is 0 Å². The minimum absolute atomic E-state index is 0. The minimum atomic E-state index is -0.641. The monoisotopic (exact) mass is 264 g/mol. The number of carbonyl (C=O) groups excluding carboxylic acids is 2. The highest BCUT2D eigenvalue weighted by Crippen LogP contribution is 2.10. The first-order valence-electron chi connectivity index (χ1n) is 5.37. The van der Waals surface area contributed by atoms with Gasteiger partial charge < -0.3 is 4.74 Å². The van der Waals surface area contributed by atoms with E-state index in [9.17, 15) is 9.59 Å². The van der Waals surface area contributed by atoms with Crippen LogP contribution in [0.5, 0.6) is 0 Å². The Morgan fingerprint density at radius 3 is 2.38 bits per heavy atom. The van der Waals surface area contributed by atoms with Gasteiger partial charge in [-0.25, -0.2) is 0 Å². The molecule has 0 heterocycles. The summed E-state index contributed by atoms with van der Waals surface area (Å²) in [7, 11) is -0.641. The van der Waals surface area contributed by atoms with Crippen molar-refractivity contribution in [2.24, 2.45) is 0 Å². The summed E-state index contributed by atoms with van der Waals surface area (Å²) in [6.07, 6.45) is 1.47. The smallest absolute Gasteiger partial charge is 0.305 e. The van der Waals surface area contributed by atoms with E-state index in [0.717, 1.165) is 5.38 Å². The zero-order chi connectivity index (χ0) is 11.7. The number of carbonyl (C=O) groups is 2. The number of thioether (sulfide) groups is 1. The van der Waals surface area contributed by atoms with Crippen LogP contribution in [-0.2, 0) is 14.3 Å². The lowest BCUT2D eigenvalue weighted by molar-refractivity contribution is -0.143. The second kappa shape index (κ2) is 11.2. The van der Waals surface area contributed by atoms with E-state index >= 15 is 0 Å². The molecule has 0 spiro atoms. The Balaban J connectivity index is 0. The third-order valence-corrected chi connectivity index (χ3v) is 5.50. The van der Waals surface area contributed by atoms with Crippen molar-refractivity contribution < 1.29 is 14.3 Å². The van der Waals surface area contributed by atoms with E-state index in [-0.39, 0.29) is 18.5 Å². The molecule has 0 aliphatic rings. The topological polar surface area (TPSA) is 43.4 Å². The maximum Gasteiger partial charge on any atom is 0.305 e. The second-order valence-electron chi connectivity index (χ2n) is 3.74. The van der Waals surface area contributed by atoms with Crippen molar-refractivity contribution in [2.75, 3.05) is 12.0 Å². The van der Waals surface area contributed by atoms with Gasteiger partial charge in [-0.05, 0) is 18.7 Å². The molecular weight excluding hydrogens is 240 g/mol. The van der Waals surface area contributed by atoms with Gasteiger partial charge in [0.05, 0.1) is 6.61 Å². The molecule has 0 radical (unpaired) electrons. The first kappa shape index (κ1) is 18.1. The first-order valence-corrected chi connectivity index (χ1v) is 9.48. The lowest BCUT2D eigenvalue weighted by atomic mass is 10.2. The fraction of sp³-hybridized carbons (Fsp3) is 0.818. The Hall–Kier alpha value is -0.293. The fourth-order valence-corrected chi connectivity index (χ4v) is 3.31. The molecule has 16 heavy (non-hydrogen) atoms. The van der Waals surface area contributed by atoms with E-state index in [1.54, 1.807) is 6.92 Å². The molecular formula is C11H24O3SSi. The molecule has 0 aromatic carbocycles. The molecule has 0 atom stereocenters. The summed E-state index contributed by atoms with van der Waals surface area (Å²) in [5, 5.41) is 1.21. The quantitative estimate of drug-likeness (QED) is 0.524. The Morgan fingerprint density at radius 2 is 1.88 bits per heavy atom. The Bertz CT molecular complexity index is 207. The number of ether oxygens (including phenoxy) is 1. The van der Waals surface area contributed by atoms with Crippen LogP contribution in [0.2, 0.25) is 13.1 Å². The summed E-state index contributed by atoms with van der Waals surface area (Å²) in [4.78, 5) is 22.3. The molecule has 0 aromatic rings. The van der Waals surface area contributed by atoms with Crippen molar-refractivity contribution in [2.45, 2.75) is 46.7 Å². The lowest BCUT2D eigenvalue weighted by Gasteiger charge is -2.03. The largest absolute Gasteiger partial charge is 0.466 e. The molecule has 0 saturated carbocycles. The van der Waals surface area contributed by atoms with Crippen molar-refractivity contribution in [3.8, 4) is 0 Å². The highest BCUT2D eigenvalue weighted by molar-refractivity contribution is 8.14. The number of hydrogen-bond donors (Lipinski definition) is 0. The predicted molar refractivity (Wildman–Crippen MR) is 73.6 cm³/mol. The van der Waals surface area contributed by atoms with Crippen LogP contribution in [0.4, 0.5) is 0 Å². The van der Waals surface area contributed by atoms with Crippen LogP contribution in [0.25, 0.3) is 0 Å². The van der Waals surface area contributed by atoms with E-state index in [0.29, 0.717) is 25.9 Å². The van der Waals surface area contributed by atoms with Crippen LogP contribution in [0, 0.1) is 0 Å². The van der Waals surface area contributed by atoms with Gasteiger partial charge >= 0.3 is 5.97 Å². The summed E-state index contributed by atoms with van der Waals surface area (Å²) in [5.74, 6) is -0.200. The SMILES string of the molecule is C.CCOC(=O)CCCC(=O)SC[SiH](C)C. The molecule has 0 amide bonds. The predicted octanol–water partition coefficient (Wildman–Crippen LogP) is 2.64. The van der Waals surface area contributed by atoms with Crippen molar-refractivity contribution in [3.63, 3.8) is 0 Å². The average molecular weight is 264 g/mol. The standard InChI is InChI=1S/C10H20O3SSi.CH4/c1-4-13-9(11)6-5-7-10(12)14-8-15(2)3;/h15H,4-8H2,1-3H3;1H4. The number of hydrogen-bond acceptors (Lipinski definition) is 4. The van der Waals surface area contributed by atoms with Gasteiger partial charge in [0, 0.05) is 21.6 Å². The van der Waals surface area contributed by atoms with Crippen molar-refractivity contribution in [1.82, 2.24) is 0 Å². The lowest BCUT2D eigenvalue weighted by Crippen LogP contribution is -2.08. The maximum absolute atomic E-state index is 11.3. The molecule has 0 aliphatic carbocycles. The van der Waals surface area contributed by atoms with E-state index in [1.807, 2.05) is 0 Å². The normalized spacial score (nSPS) is 9.75. The molecule has 0 aliphatic heterocycles. The zero-order valence-electron chi connectivity index (χ0n) is 9.75. The molecule has 0 bridgehead atoms.